The van der Waals surface area contributed by atoms with E-state index in [0.717, 1.165) is 38.4 Å². The minimum absolute atomic E-state index is 0. The van der Waals surface area contributed by atoms with Gasteiger partial charge in [-0.05, 0) is 76.7 Å². The smallest absolute Gasteiger partial charge is 0.252 e. The third-order valence-electron chi connectivity index (χ3n) is 5.50. The Morgan fingerprint density at radius 3 is 2.36 bits per heavy atom. The first-order chi connectivity index (χ1) is 11.1. The van der Waals surface area contributed by atoms with Gasteiger partial charge in [-0.15, -0.1) is 24.8 Å². The van der Waals surface area contributed by atoms with E-state index in [9.17, 15) is 4.79 Å². The van der Waals surface area contributed by atoms with Gasteiger partial charge in [0.2, 0.25) is 0 Å². The lowest BCUT2D eigenvalue weighted by atomic mass is 9.90. The summed E-state index contributed by atoms with van der Waals surface area (Å²) >= 11 is 0. The monoisotopic (exact) mass is 397 g/mol. The Kier molecular flexibility index (Phi) is 12.3. The molecule has 150 valence electrons. The van der Waals surface area contributed by atoms with Gasteiger partial charge < -0.3 is 20.3 Å². The molecule has 2 saturated heterocycles. The van der Waals surface area contributed by atoms with E-state index in [1.54, 1.807) is 7.11 Å². The molecule has 1 amide bonds. The summed E-state index contributed by atoms with van der Waals surface area (Å²) in [4.78, 5) is 15.1. The van der Waals surface area contributed by atoms with E-state index in [1.807, 2.05) is 0 Å². The van der Waals surface area contributed by atoms with Crippen LogP contribution in [0.1, 0.15) is 46.0 Å². The van der Waals surface area contributed by atoms with E-state index in [0.29, 0.717) is 5.92 Å². The van der Waals surface area contributed by atoms with Crippen molar-refractivity contribution in [1.82, 2.24) is 15.5 Å². The van der Waals surface area contributed by atoms with Crippen molar-refractivity contribution in [3.63, 3.8) is 0 Å². The predicted molar refractivity (Wildman–Crippen MR) is 108 cm³/mol. The molecule has 7 heteroatoms. The number of amides is 1. The molecular weight excluding hydrogens is 361 g/mol. The zero-order valence-corrected chi connectivity index (χ0v) is 17.6. The van der Waals surface area contributed by atoms with Crippen LogP contribution in [0.2, 0.25) is 0 Å². The van der Waals surface area contributed by atoms with Crippen LogP contribution in [-0.2, 0) is 9.53 Å². The van der Waals surface area contributed by atoms with E-state index in [4.69, 9.17) is 4.74 Å². The van der Waals surface area contributed by atoms with Crippen LogP contribution >= 0.6 is 24.8 Å². The third-order valence-corrected chi connectivity index (χ3v) is 5.50. The largest absolute Gasteiger partial charge is 0.368 e. The van der Waals surface area contributed by atoms with Gasteiger partial charge in [0.25, 0.3) is 5.91 Å². The van der Waals surface area contributed by atoms with E-state index in [1.165, 1.54) is 38.9 Å². The van der Waals surface area contributed by atoms with E-state index >= 15 is 0 Å². The normalized spacial score (nSPS) is 21.3. The van der Waals surface area contributed by atoms with Crippen LogP contribution in [0.25, 0.3) is 0 Å². The number of carbonyl (C=O) groups excluding carboxylic acids is 1. The number of ether oxygens (including phenoxy) is 1. The summed E-state index contributed by atoms with van der Waals surface area (Å²) < 4.78 is 5.59. The molecule has 25 heavy (non-hydrogen) atoms. The fourth-order valence-electron chi connectivity index (χ4n) is 3.61. The quantitative estimate of drug-likeness (QED) is 0.692. The molecule has 2 heterocycles. The van der Waals surface area contributed by atoms with Crippen molar-refractivity contribution < 1.29 is 9.53 Å². The van der Waals surface area contributed by atoms with Crippen LogP contribution in [-0.4, -0.2) is 62.8 Å². The van der Waals surface area contributed by atoms with Crippen molar-refractivity contribution in [2.45, 2.75) is 51.6 Å². The van der Waals surface area contributed by atoms with Crippen molar-refractivity contribution in [2.24, 2.45) is 11.8 Å². The Morgan fingerprint density at radius 1 is 1.24 bits per heavy atom. The Hall–Kier alpha value is -0.0700. The highest BCUT2D eigenvalue weighted by molar-refractivity contribution is 5.86. The second-order valence-electron chi connectivity index (χ2n) is 7.63. The average molecular weight is 398 g/mol. The van der Waals surface area contributed by atoms with Gasteiger partial charge in [0.1, 0.15) is 5.60 Å². The van der Waals surface area contributed by atoms with Crippen LogP contribution < -0.4 is 10.6 Å². The van der Waals surface area contributed by atoms with Gasteiger partial charge in [-0.3, -0.25) is 4.79 Å². The lowest BCUT2D eigenvalue weighted by Gasteiger charge is -2.36. The number of methoxy groups -OCH3 is 1. The van der Waals surface area contributed by atoms with Crippen LogP contribution in [0.4, 0.5) is 0 Å². The summed E-state index contributed by atoms with van der Waals surface area (Å²) in [5, 5.41) is 6.46. The second kappa shape index (κ2) is 12.3. The molecule has 0 aromatic heterocycles. The summed E-state index contributed by atoms with van der Waals surface area (Å²) in [6.45, 7) is 10.7. The first-order valence-corrected chi connectivity index (χ1v) is 9.32. The van der Waals surface area contributed by atoms with E-state index in [-0.39, 0.29) is 30.7 Å². The number of hydrogen-bond donors (Lipinski definition) is 2. The fraction of sp³-hybridized carbons (Fsp3) is 0.944. The van der Waals surface area contributed by atoms with E-state index < -0.39 is 5.60 Å². The van der Waals surface area contributed by atoms with Gasteiger partial charge in [-0.1, -0.05) is 13.8 Å². The molecule has 2 N–H and O–H groups in total. The number of piperidine rings is 2. The maximum Gasteiger partial charge on any atom is 0.252 e. The summed E-state index contributed by atoms with van der Waals surface area (Å²) in [6, 6.07) is 0. The molecule has 0 aliphatic carbocycles. The van der Waals surface area contributed by atoms with Crippen molar-refractivity contribution in [3.05, 3.63) is 0 Å². The Morgan fingerprint density at radius 2 is 1.84 bits per heavy atom. The molecule has 0 aromatic carbocycles. The van der Waals surface area contributed by atoms with Gasteiger partial charge in [-0.25, -0.2) is 0 Å². The molecular formula is C18H37Cl2N3O2. The van der Waals surface area contributed by atoms with Crippen LogP contribution in [0.15, 0.2) is 0 Å². The van der Waals surface area contributed by atoms with Crippen LogP contribution in [0, 0.1) is 11.8 Å². The van der Waals surface area contributed by atoms with Crippen molar-refractivity contribution >= 4 is 30.7 Å². The molecule has 0 unspecified atom stereocenters. The summed E-state index contributed by atoms with van der Waals surface area (Å²) in [7, 11) is 1.66. The molecule has 2 aliphatic rings. The molecule has 0 aromatic rings. The maximum atomic E-state index is 12.6. The molecule has 2 rings (SSSR count). The summed E-state index contributed by atoms with van der Waals surface area (Å²) in [6.07, 6.45) is 5.21. The molecule has 0 saturated carbocycles. The first kappa shape index (κ1) is 24.9. The fourth-order valence-corrected chi connectivity index (χ4v) is 3.61. The van der Waals surface area contributed by atoms with E-state index in [2.05, 4.69) is 29.4 Å². The first-order valence-electron chi connectivity index (χ1n) is 9.32. The average Bonchev–Trinajstić information content (AvgIpc) is 2.59. The highest BCUT2D eigenvalue weighted by Crippen LogP contribution is 2.23. The van der Waals surface area contributed by atoms with Crippen LogP contribution in [0.5, 0.6) is 0 Å². The Bertz CT molecular complexity index is 369. The van der Waals surface area contributed by atoms with Gasteiger partial charge >= 0.3 is 0 Å². The second-order valence-corrected chi connectivity index (χ2v) is 7.63. The van der Waals surface area contributed by atoms with Crippen molar-refractivity contribution in [3.8, 4) is 0 Å². The minimum atomic E-state index is -0.608. The molecule has 2 aliphatic heterocycles. The lowest BCUT2D eigenvalue weighted by molar-refractivity contribution is -0.147. The number of nitrogens with one attached hydrogen (secondary N) is 2. The molecule has 0 bridgehead atoms. The number of carbonyl (C=O) groups is 1. The highest BCUT2D eigenvalue weighted by atomic mass is 35.5. The number of halogens is 2. The Labute approximate surface area is 165 Å². The Balaban J connectivity index is 0.00000288. The number of likely N-dealkylation sites (tertiary alicyclic amines) is 1. The predicted octanol–water partition coefficient (Wildman–Crippen LogP) is 2.47. The zero-order chi connectivity index (χ0) is 16.7. The maximum absolute atomic E-state index is 12.6. The van der Waals surface area contributed by atoms with Gasteiger partial charge in [0, 0.05) is 13.7 Å². The van der Waals surface area contributed by atoms with Gasteiger partial charge in [-0.2, -0.15) is 0 Å². The third kappa shape index (κ3) is 7.59. The molecule has 0 radical (unpaired) electrons. The number of rotatable bonds is 7. The SMILES string of the molecule is COC1(C(=O)NCC2CCN(CCC(C)C)CC2)CCNCC1.Cl.Cl. The molecule has 5 nitrogen and oxygen atoms in total. The van der Waals surface area contributed by atoms with Gasteiger partial charge in [0.05, 0.1) is 0 Å². The van der Waals surface area contributed by atoms with Crippen molar-refractivity contribution in [2.75, 3.05) is 46.4 Å². The standard InChI is InChI=1S/C18H35N3O2.2ClH/c1-15(2)4-11-21-12-5-16(6-13-21)14-20-17(22)18(23-3)7-9-19-10-8-18;;/h15-16,19H,4-14H2,1-3H3,(H,20,22);2*1H. The molecule has 0 spiro atoms. The summed E-state index contributed by atoms with van der Waals surface area (Å²) in [5.74, 6) is 1.48. The lowest BCUT2D eigenvalue weighted by Crippen LogP contribution is -2.55. The highest BCUT2D eigenvalue weighted by Gasteiger charge is 2.39. The molecule has 2 fully saturated rings. The summed E-state index contributed by atoms with van der Waals surface area (Å²) in [5.41, 5.74) is -0.608. The van der Waals surface area contributed by atoms with Crippen molar-refractivity contribution in [1.29, 1.82) is 0 Å². The van der Waals surface area contributed by atoms with Crippen LogP contribution in [0.3, 0.4) is 0 Å². The topological polar surface area (TPSA) is 53.6 Å². The molecule has 0 atom stereocenters. The minimum Gasteiger partial charge on any atom is -0.368 e. The zero-order valence-electron chi connectivity index (χ0n) is 16.0. The number of nitrogens with zero attached hydrogens (tertiary/aromatic N) is 1. The number of hydrogen-bond acceptors (Lipinski definition) is 4. The van der Waals surface area contributed by atoms with Gasteiger partial charge in [0.15, 0.2) is 0 Å².